The van der Waals surface area contributed by atoms with E-state index in [1.807, 2.05) is 19.1 Å². The molecule has 0 saturated carbocycles. The number of carbonyl (C=O) groups is 1. The fourth-order valence-electron chi connectivity index (χ4n) is 1.77. The molecule has 0 saturated heterocycles. The van der Waals surface area contributed by atoms with Crippen molar-refractivity contribution in [3.8, 4) is 0 Å². The molecule has 0 unspecified atom stereocenters. The molecule has 4 heteroatoms. The van der Waals surface area contributed by atoms with Gasteiger partial charge in [-0.25, -0.2) is 9.78 Å². The number of carboxylic acids is 1. The minimum absolute atomic E-state index is 0.727. The van der Waals surface area contributed by atoms with E-state index in [1.54, 1.807) is 6.08 Å². The molecule has 2 aromatic rings. The lowest BCUT2D eigenvalue weighted by atomic mass is 10.1. The third-order valence-corrected chi connectivity index (χ3v) is 2.52. The van der Waals surface area contributed by atoms with E-state index in [0.29, 0.717) is 0 Å². The Labute approximate surface area is 99.0 Å². The Hall–Kier alpha value is -2.10. The summed E-state index contributed by atoms with van der Waals surface area (Å²) in [6.07, 6.45) is 4.41. The first-order chi connectivity index (χ1) is 8.15. The number of fused-ring (bicyclic) bond motifs is 1. The highest BCUT2D eigenvalue weighted by atomic mass is 16.4. The number of aromatic nitrogens is 2. The van der Waals surface area contributed by atoms with E-state index < -0.39 is 5.97 Å². The van der Waals surface area contributed by atoms with Gasteiger partial charge in [-0.2, -0.15) is 0 Å². The number of aryl methyl sites for hydroxylation is 2. The minimum Gasteiger partial charge on any atom is -0.478 e. The van der Waals surface area contributed by atoms with E-state index in [4.69, 9.17) is 5.11 Å². The number of nitrogens with zero attached hydrogens (tertiary/aromatic N) is 1. The number of aromatic amines is 1. The van der Waals surface area contributed by atoms with Crippen molar-refractivity contribution >= 4 is 17.0 Å². The van der Waals surface area contributed by atoms with Gasteiger partial charge in [-0.1, -0.05) is 12.1 Å². The summed E-state index contributed by atoms with van der Waals surface area (Å²) in [7, 11) is 0. The van der Waals surface area contributed by atoms with Crippen molar-refractivity contribution in [1.82, 2.24) is 9.97 Å². The Balaban J connectivity index is 2.06. The van der Waals surface area contributed by atoms with Crippen LogP contribution in [-0.2, 0) is 11.2 Å². The fourth-order valence-corrected chi connectivity index (χ4v) is 1.77. The van der Waals surface area contributed by atoms with Crippen LogP contribution < -0.4 is 0 Å². The lowest BCUT2D eigenvalue weighted by molar-refractivity contribution is -0.131. The van der Waals surface area contributed by atoms with Crippen LogP contribution in [-0.4, -0.2) is 21.0 Å². The van der Waals surface area contributed by atoms with Gasteiger partial charge < -0.3 is 10.1 Å². The van der Waals surface area contributed by atoms with Gasteiger partial charge in [0.05, 0.1) is 11.0 Å². The first kappa shape index (κ1) is 11.4. The number of benzene rings is 1. The van der Waals surface area contributed by atoms with E-state index in [-0.39, 0.29) is 0 Å². The van der Waals surface area contributed by atoms with Gasteiger partial charge in [0.2, 0.25) is 0 Å². The summed E-state index contributed by atoms with van der Waals surface area (Å²) in [5.74, 6) is 0.00701. The fraction of sp³-hybridized carbons (Fsp3) is 0.231. The number of imidazole rings is 1. The Morgan fingerprint density at radius 3 is 3.12 bits per heavy atom. The van der Waals surface area contributed by atoms with Gasteiger partial charge in [-0.3, -0.25) is 0 Å². The molecule has 1 aromatic carbocycles. The van der Waals surface area contributed by atoms with Crippen LogP contribution in [0.15, 0.2) is 30.4 Å². The molecule has 0 aliphatic heterocycles. The summed E-state index contributed by atoms with van der Waals surface area (Å²) < 4.78 is 0. The number of rotatable bonds is 4. The third kappa shape index (κ3) is 2.93. The van der Waals surface area contributed by atoms with E-state index in [2.05, 4.69) is 16.0 Å². The van der Waals surface area contributed by atoms with Crippen LogP contribution in [0.5, 0.6) is 0 Å². The lowest BCUT2D eigenvalue weighted by Gasteiger charge is -1.97. The molecule has 1 heterocycles. The van der Waals surface area contributed by atoms with Crippen LogP contribution >= 0.6 is 0 Å². The molecule has 0 fully saturated rings. The van der Waals surface area contributed by atoms with Crippen molar-refractivity contribution in [3.05, 3.63) is 41.7 Å². The van der Waals surface area contributed by atoms with Gasteiger partial charge in [0, 0.05) is 6.08 Å². The molecule has 4 nitrogen and oxygen atoms in total. The normalized spacial score (nSPS) is 11.4. The Morgan fingerprint density at radius 1 is 1.53 bits per heavy atom. The monoisotopic (exact) mass is 230 g/mol. The Morgan fingerprint density at radius 2 is 2.35 bits per heavy atom. The van der Waals surface area contributed by atoms with Crippen LogP contribution in [0.3, 0.4) is 0 Å². The topological polar surface area (TPSA) is 66.0 Å². The maximum atomic E-state index is 10.3. The molecule has 0 atom stereocenters. The predicted octanol–water partition coefficient (Wildman–Crippen LogP) is 2.44. The zero-order chi connectivity index (χ0) is 12.3. The van der Waals surface area contributed by atoms with E-state index in [9.17, 15) is 4.79 Å². The number of nitrogens with one attached hydrogen (secondary N) is 1. The molecule has 2 rings (SSSR count). The zero-order valence-corrected chi connectivity index (χ0v) is 9.60. The first-order valence-electron chi connectivity index (χ1n) is 5.50. The highest BCUT2D eigenvalue weighted by Gasteiger charge is 2.00. The molecule has 0 spiro atoms. The van der Waals surface area contributed by atoms with Crippen LogP contribution in [0.2, 0.25) is 0 Å². The average molecular weight is 230 g/mol. The molecule has 88 valence electrons. The number of H-pyrrole nitrogens is 1. The van der Waals surface area contributed by atoms with Crippen molar-refractivity contribution in [3.63, 3.8) is 0 Å². The van der Waals surface area contributed by atoms with Crippen molar-refractivity contribution in [2.24, 2.45) is 0 Å². The van der Waals surface area contributed by atoms with Gasteiger partial charge in [0.15, 0.2) is 0 Å². The second-order valence-electron chi connectivity index (χ2n) is 3.95. The number of hydrogen-bond donors (Lipinski definition) is 2. The molecule has 0 bridgehead atoms. The summed E-state index contributed by atoms with van der Waals surface area (Å²) in [6.45, 7) is 1.93. The molecular formula is C13H14N2O2. The number of aliphatic carboxylic acids is 1. The first-order valence-corrected chi connectivity index (χ1v) is 5.50. The predicted molar refractivity (Wildman–Crippen MR) is 65.9 cm³/mol. The average Bonchev–Trinajstić information content (AvgIpc) is 2.63. The van der Waals surface area contributed by atoms with E-state index in [0.717, 1.165) is 29.7 Å². The second kappa shape index (κ2) is 4.82. The highest BCUT2D eigenvalue weighted by molar-refractivity contribution is 5.79. The maximum Gasteiger partial charge on any atom is 0.327 e. The number of carboxylic acid groups (broad SMARTS) is 1. The molecule has 0 aliphatic rings. The van der Waals surface area contributed by atoms with Crippen LogP contribution in [0.25, 0.3) is 11.0 Å². The third-order valence-electron chi connectivity index (χ3n) is 2.52. The lowest BCUT2D eigenvalue weighted by Crippen LogP contribution is -1.87. The van der Waals surface area contributed by atoms with Crippen LogP contribution in [0.1, 0.15) is 17.8 Å². The Bertz CT molecular complexity index is 570. The van der Waals surface area contributed by atoms with Crippen molar-refractivity contribution in [2.45, 2.75) is 19.8 Å². The SMILES string of the molecule is Cc1nc2ccc(CC/C=C/C(=O)O)cc2[nH]1. The van der Waals surface area contributed by atoms with Crippen molar-refractivity contribution < 1.29 is 9.90 Å². The van der Waals surface area contributed by atoms with Crippen molar-refractivity contribution in [2.75, 3.05) is 0 Å². The standard InChI is InChI=1S/C13H14N2O2/c1-9-14-11-7-6-10(8-12(11)15-9)4-2-3-5-13(16)17/h3,5-8H,2,4H2,1H3,(H,14,15)(H,16,17)/b5-3+. The summed E-state index contributed by atoms with van der Waals surface area (Å²) in [5.41, 5.74) is 3.17. The summed E-state index contributed by atoms with van der Waals surface area (Å²) in [5, 5.41) is 8.45. The molecular weight excluding hydrogens is 216 g/mol. The summed E-state index contributed by atoms with van der Waals surface area (Å²) in [6, 6.07) is 6.07. The highest BCUT2D eigenvalue weighted by Crippen LogP contribution is 2.14. The second-order valence-corrected chi connectivity index (χ2v) is 3.95. The molecule has 1 aromatic heterocycles. The number of allylic oxidation sites excluding steroid dienone is 1. The molecule has 17 heavy (non-hydrogen) atoms. The molecule has 0 aliphatic carbocycles. The maximum absolute atomic E-state index is 10.3. The van der Waals surface area contributed by atoms with E-state index >= 15 is 0 Å². The van der Waals surface area contributed by atoms with Crippen LogP contribution in [0.4, 0.5) is 0 Å². The largest absolute Gasteiger partial charge is 0.478 e. The molecule has 0 radical (unpaired) electrons. The van der Waals surface area contributed by atoms with Gasteiger partial charge in [-0.15, -0.1) is 0 Å². The van der Waals surface area contributed by atoms with E-state index in [1.165, 1.54) is 11.6 Å². The minimum atomic E-state index is -0.898. The van der Waals surface area contributed by atoms with Gasteiger partial charge in [0.1, 0.15) is 5.82 Å². The van der Waals surface area contributed by atoms with Gasteiger partial charge in [0.25, 0.3) is 0 Å². The smallest absolute Gasteiger partial charge is 0.327 e. The molecule has 0 amide bonds. The van der Waals surface area contributed by atoms with Crippen molar-refractivity contribution in [1.29, 1.82) is 0 Å². The quantitative estimate of drug-likeness (QED) is 0.793. The van der Waals surface area contributed by atoms with Gasteiger partial charge in [-0.05, 0) is 37.5 Å². The Kier molecular flexibility index (Phi) is 3.23. The zero-order valence-electron chi connectivity index (χ0n) is 9.60. The van der Waals surface area contributed by atoms with Crippen LogP contribution in [0, 0.1) is 6.92 Å². The summed E-state index contributed by atoms with van der Waals surface area (Å²) >= 11 is 0. The van der Waals surface area contributed by atoms with Gasteiger partial charge >= 0.3 is 5.97 Å². The molecule has 2 N–H and O–H groups in total. The summed E-state index contributed by atoms with van der Waals surface area (Å²) in [4.78, 5) is 17.8. The number of hydrogen-bond acceptors (Lipinski definition) is 2.